The summed E-state index contributed by atoms with van der Waals surface area (Å²) in [6.07, 6.45) is 3.04. The summed E-state index contributed by atoms with van der Waals surface area (Å²) in [6.45, 7) is 2.15. The highest BCUT2D eigenvalue weighted by Gasteiger charge is 2.51. The number of furan rings is 1. The lowest BCUT2D eigenvalue weighted by molar-refractivity contribution is -0.145. The van der Waals surface area contributed by atoms with Crippen LogP contribution < -0.4 is 10.6 Å². The van der Waals surface area contributed by atoms with Crippen molar-refractivity contribution in [3.8, 4) is 0 Å². The minimum Gasteiger partial charge on any atom is -0.467 e. The van der Waals surface area contributed by atoms with Crippen LogP contribution >= 0.6 is 11.8 Å². The van der Waals surface area contributed by atoms with Gasteiger partial charge in [-0.05, 0) is 62.6 Å². The van der Waals surface area contributed by atoms with E-state index in [9.17, 15) is 19.2 Å². The minimum absolute atomic E-state index is 0.0667. The number of hydrogen-bond donors (Lipinski definition) is 2. The fraction of sp³-hybridized carbons (Fsp3) is 0.481. The molecule has 4 unspecified atom stereocenters. The maximum absolute atomic E-state index is 15.6. The summed E-state index contributed by atoms with van der Waals surface area (Å²) in [5.41, 5.74) is -0.289. The van der Waals surface area contributed by atoms with Gasteiger partial charge in [-0.15, -0.1) is 0 Å². The monoisotopic (exact) mass is 543 g/mol. The number of amides is 1. The zero-order valence-corrected chi connectivity index (χ0v) is 22.0. The second kappa shape index (κ2) is 10.9. The Bertz CT molecular complexity index is 1260. The molecule has 11 heteroatoms. The Labute approximate surface area is 223 Å². The van der Waals surface area contributed by atoms with Gasteiger partial charge in [-0.2, -0.15) is 11.8 Å². The van der Waals surface area contributed by atoms with Crippen LogP contribution in [0.4, 0.5) is 10.1 Å². The first-order valence-electron chi connectivity index (χ1n) is 12.8. The molecule has 1 aliphatic carbocycles. The third kappa shape index (κ3) is 4.84. The van der Waals surface area contributed by atoms with E-state index >= 15 is 4.39 Å². The van der Waals surface area contributed by atoms with Gasteiger partial charge in [0.2, 0.25) is 11.6 Å². The molecule has 3 heterocycles. The number of esters is 1. The summed E-state index contributed by atoms with van der Waals surface area (Å²) >= 11 is 1.79. The molecule has 5 atom stereocenters. The number of benzene rings is 1. The van der Waals surface area contributed by atoms with Crippen molar-refractivity contribution < 1.29 is 32.7 Å². The fourth-order valence-electron chi connectivity index (χ4n) is 5.41. The maximum atomic E-state index is 15.6. The molecule has 9 nitrogen and oxygen atoms in total. The van der Waals surface area contributed by atoms with Gasteiger partial charge in [-0.25, -0.2) is 9.18 Å². The lowest BCUT2D eigenvalue weighted by atomic mass is 9.81. The summed E-state index contributed by atoms with van der Waals surface area (Å²) in [7, 11) is 1.25. The molecule has 1 aromatic heterocycles. The summed E-state index contributed by atoms with van der Waals surface area (Å²) in [6, 6.07) is 5.06. The number of nitrogens with zero attached hydrogens (tertiary/aromatic N) is 1. The molecule has 5 rings (SSSR count). The number of thioether (sulfide) groups is 1. The molecule has 3 fully saturated rings. The Morgan fingerprint density at radius 2 is 1.92 bits per heavy atom. The molecule has 1 saturated carbocycles. The van der Waals surface area contributed by atoms with Crippen LogP contribution in [0.15, 0.2) is 34.7 Å². The van der Waals surface area contributed by atoms with Crippen LogP contribution in [0.5, 0.6) is 0 Å². The number of Topliss-reactive ketones (excluding diaryl/α,β-unsaturated/α-hetero) is 2. The van der Waals surface area contributed by atoms with Crippen molar-refractivity contribution in [3.63, 3.8) is 0 Å². The van der Waals surface area contributed by atoms with Gasteiger partial charge >= 0.3 is 5.97 Å². The third-order valence-electron chi connectivity index (χ3n) is 7.43. The fourth-order valence-corrected chi connectivity index (χ4v) is 6.78. The number of anilines is 1. The zero-order chi connectivity index (χ0) is 27.0. The van der Waals surface area contributed by atoms with Crippen LogP contribution in [0, 0.1) is 12.7 Å². The molecule has 1 aromatic carbocycles. The van der Waals surface area contributed by atoms with Gasteiger partial charge in [0.25, 0.3) is 5.91 Å². The lowest BCUT2D eigenvalue weighted by Gasteiger charge is -2.38. The Hall–Kier alpha value is -3.18. The van der Waals surface area contributed by atoms with Crippen molar-refractivity contribution in [1.29, 1.82) is 0 Å². The van der Waals surface area contributed by atoms with Crippen LogP contribution in [0.25, 0.3) is 0 Å². The standard InChI is InChI=1S/C27H30FN3O6S/c1-14-10-11-18(37-14)21(19-9-5-13-38-19)30-23-22(24(32)25(23)33)29-16-7-3-6-15(20(16)28)26(34)31-12-4-8-17(31)27(35)36-2/h3,6-7,10-11,17,19,21-23,29-30H,4-5,8-9,12-13H2,1-2H3/t17-,19?,21?,22?,23?/m0/s1. The van der Waals surface area contributed by atoms with Gasteiger partial charge in [0, 0.05) is 11.8 Å². The molecular weight excluding hydrogens is 513 g/mol. The number of rotatable bonds is 8. The van der Waals surface area contributed by atoms with E-state index in [1.54, 1.807) is 11.8 Å². The second-order valence-electron chi connectivity index (χ2n) is 9.82. The number of carbonyl (C=O) groups excluding carboxylic acids is 4. The van der Waals surface area contributed by atoms with E-state index < -0.39 is 47.4 Å². The number of ether oxygens (including phenoxy) is 1. The molecule has 0 spiro atoms. The van der Waals surface area contributed by atoms with E-state index in [0.29, 0.717) is 25.1 Å². The molecule has 3 aliphatic rings. The molecule has 2 N–H and O–H groups in total. The van der Waals surface area contributed by atoms with Gasteiger partial charge in [-0.3, -0.25) is 19.7 Å². The largest absolute Gasteiger partial charge is 0.467 e. The summed E-state index contributed by atoms with van der Waals surface area (Å²) in [5.74, 6) is -0.808. The number of likely N-dealkylation sites (tertiary alicyclic amines) is 1. The van der Waals surface area contributed by atoms with E-state index in [1.807, 2.05) is 19.1 Å². The average molecular weight is 544 g/mol. The molecule has 38 heavy (non-hydrogen) atoms. The zero-order valence-electron chi connectivity index (χ0n) is 21.2. The van der Waals surface area contributed by atoms with Gasteiger partial charge in [0.05, 0.1) is 24.4 Å². The molecule has 1 amide bonds. The number of halogens is 1. The number of hydrogen-bond acceptors (Lipinski definition) is 9. The summed E-state index contributed by atoms with van der Waals surface area (Å²) in [5, 5.41) is 6.33. The first-order valence-corrected chi connectivity index (χ1v) is 13.8. The maximum Gasteiger partial charge on any atom is 0.328 e. The average Bonchev–Trinajstić information content (AvgIpc) is 3.70. The van der Waals surface area contributed by atoms with Gasteiger partial charge in [-0.1, -0.05) is 6.07 Å². The Morgan fingerprint density at radius 3 is 2.61 bits per heavy atom. The Kier molecular flexibility index (Phi) is 7.58. The van der Waals surface area contributed by atoms with Gasteiger partial charge in [0.15, 0.2) is 5.82 Å². The smallest absolute Gasteiger partial charge is 0.328 e. The van der Waals surface area contributed by atoms with Crippen LogP contribution in [0.1, 0.15) is 53.6 Å². The quantitative estimate of drug-likeness (QED) is 0.383. The van der Waals surface area contributed by atoms with Crippen molar-refractivity contribution in [2.45, 2.75) is 62.0 Å². The van der Waals surface area contributed by atoms with Crippen molar-refractivity contribution in [2.75, 3.05) is 24.7 Å². The second-order valence-corrected chi connectivity index (χ2v) is 11.2. The van der Waals surface area contributed by atoms with Crippen LogP contribution in [0.2, 0.25) is 0 Å². The Balaban J connectivity index is 1.35. The molecule has 2 aromatic rings. The minimum atomic E-state index is -0.998. The number of nitrogens with one attached hydrogen (secondary N) is 2. The van der Waals surface area contributed by atoms with Crippen LogP contribution in [-0.2, 0) is 19.1 Å². The molecular formula is C27H30FN3O6S. The molecule has 2 aliphatic heterocycles. The Morgan fingerprint density at radius 1 is 1.13 bits per heavy atom. The van der Waals surface area contributed by atoms with Crippen molar-refractivity contribution >= 4 is 40.9 Å². The highest BCUT2D eigenvalue weighted by atomic mass is 32.2. The van der Waals surface area contributed by atoms with E-state index in [0.717, 1.165) is 24.4 Å². The summed E-state index contributed by atoms with van der Waals surface area (Å²) in [4.78, 5) is 51.8. The van der Waals surface area contributed by atoms with Crippen molar-refractivity contribution in [1.82, 2.24) is 10.2 Å². The van der Waals surface area contributed by atoms with Gasteiger partial charge in [0.1, 0.15) is 29.6 Å². The molecule has 0 radical (unpaired) electrons. The highest BCUT2D eigenvalue weighted by Crippen LogP contribution is 2.38. The number of ketones is 2. The van der Waals surface area contributed by atoms with Crippen LogP contribution in [0.3, 0.4) is 0 Å². The first kappa shape index (κ1) is 26.4. The summed E-state index contributed by atoms with van der Waals surface area (Å²) < 4.78 is 26.2. The molecule has 202 valence electrons. The number of carbonyl (C=O) groups is 4. The van der Waals surface area contributed by atoms with E-state index in [-0.39, 0.29) is 22.5 Å². The first-order chi connectivity index (χ1) is 18.3. The third-order valence-corrected chi connectivity index (χ3v) is 8.89. The lowest BCUT2D eigenvalue weighted by Crippen LogP contribution is -2.68. The van der Waals surface area contributed by atoms with Crippen molar-refractivity contribution in [2.24, 2.45) is 0 Å². The van der Waals surface area contributed by atoms with E-state index in [4.69, 9.17) is 9.15 Å². The van der Waals surface area contributed by atoms with Crippen molar-refractivity contribution in [3.05, 3.63) is 53.2 Å². The number of aryl methyl sites for hydroxylation is 1. The highest BCUT2D eigenvalue weighted by molar-refractivity contribution is 8.00. The van der Waals surface area contributed by atoms with E-state index in [1.165, 1.54) is 30.2 Å². The predicted octanol–water partition coefficient (Wildman–Crippen LogP) is 3.03. The van der Waals surface area contributed by atoms with Crippen LogP contribution in [-0.4, -0.2) is 71.1 Å². The molecule has 0 bridgehead atoms. The van der Waals surface area contributed by atoms with E-state index in [2.05, 4.69) is 10.6 Å². The molecule has 2 saturated heterocycles. The predicted molar refractivity (Wildman–Crippen MR) is 138 cm³/mol. The number of methoxy groups -OCH3 is 1. The SMILES string of the molecule is COC(=O)[C@@H]1CCCN1C(=O)c1cccc(NC2C(=O)C(=O)C2NC(c2ccc(C)o2)C2CCCS2)c1F. The normalized spacial score (nSPS) is 25.8. The van der Waals surface area contributed by atoms with Gasteiger partial charge < -0.3 is 19.4 Å². The topological polar surface area (TPSA) is 118 Å².